The average Bonchev–Trinajstić information content (AvgIpc) is 2.75. The van der Waals surface area contributed by atoms with E-state index in [1.165, 1.54) is 0 Å². The zero-order valence-corrected chi connectivity index (χ0v) is 12.0. The van der Waals surface area contributed by atoms with Gasteiger partial charge in [-0.3, -0.25) is 4.79 Å². The molecule has 18 heavy (non-hydrogen) atoms. The molecule has 0 unspecified atom stereocenters. The van der Waals surface area contributed by atoms with Crippen molar-refractivity contribution in [1.82, 2.24) is 9.88 Å². The Kier molecular flexibility index (Phi) is 3.87. The molecule has 1 aromatic heterocycles. The Bertz CT molecular complexity index is 575. The Morgan fingerprint density at radius 2 is 2.17 bits per heavy atom. The topological polar surface area (TPSA) is 34.0 Å². The van der Waals surface area contributed by atoms with Crippen LogP contribution >= 0.6 is 15.9 Å². The molecule has 4 heteroatoms. The number of nitrogens with zero attached hydrogens (tertiary/aromatic N) is 1. The van der Waals surface area contributed by atoms with Crippen molar-refractivity contribution in [2.24, 2.45) is 7.05 Å². The molecule has 1 aromatic carbocycles. The van der Waals surface area contributed by atoms with Crippen molar-refractivity contribution in [2.45, 2.75) is 13.5 Å². The average molecular weight is 307 g/mol. The van der Waals surface area contributed by atoms with Gasteiger partial charge in [-0.25, -0.2) is 0 Å². The molecule has 2 rings (SSSR count). The van der Waals surface area contributed by atoms with Crippen molar-refractivity contribution in [3.05, 3.63) is 57.8 Å². The summed E-state index contributed by atoms with van der Waals surface area (Å²) >= 11 is 3.40. The SMILES string of the molecule is Cc1ccc(Br)c(C(=O)NCc2cccn2C)c1. The van der Waals surface area contributed by atoms with Gasteiger partial charge in [-0.15, -0.1) is 0 Å². The Morgan fingerprint density at radius 3 is 2.83 bits per heavy atom. The summed E-state index contributed by atoms with van der Waals surface area (Å²) in [6, 6.07) is 9.70. The van der Waals surface area contributed by atoms with E-state index < -0.39 is 0 Å². The first-order valence-corrected chi connectivity index (χ1v) is 6.52. The van der Waals surface area contributed by atoms with Crippen LogP contribution in [-0.2, 0) is 13.6 Å². The van der Waals surface area contributed by atoms with Gasteiger partial charge in [0, 0.05) is 23.4 Å². The number of hydrogen-bond acceptors (Lipinski definition) is 1. The number of carbonyl (C=O) groups is 1. The molecule has 0 aliphatic heterocycles. The maximum atomic E-state index is 12.1. The molecule has 0 atom stereocenters. The second kappa shape index (κ2) is 5.40. The predicted molar refractivity (Wildman–Crippen MR) is 75.5 cm³/mol. The molecule has 0 spiro atoms. The maximum absolute atomic E-state index is 12.1. The lowest BCUT2D eigenvalue weighted by atomic mass is 10.1. The number of hydrogen-bond donors (Lipinski definition) is 1. The summed E-state index contributed by atoms with van der Waals surface area (Å²) in [6.07, 6.45) is 1.96. The molecular formula is C14H15BrN2O. The van der Waals surface area contributed by atoms with Gasteiger partial charge in [-0.1, -0.05) is 11.6 Å². The fourth-order valence-corrected chi connectivity index (χ4v) is 2.19. The van der Waals surface area contributed by atoms with Gasteiger partial charge in [-0.2, -0.15) is 0 Å². The molecule has 1 heterocycles. The van der Waals surface area contributed by atoms with Crippen molar-refractivity contribution in [3.8, 4) is 0 Å². The van der Waals surface area contributed by atoms with Gasteiger partial charge in [0.05, 0.1) is 12.1 Å². The Labute approximate surface area is 115 Å². The number of amides is 1. The molecule has 0 saturated heterocycles. The van der Waals surface area contributed by atoms with Crippen molar-refractivity contribution in [1.29, 1.82) is 0 Å². The van der Waals surface area contributed by atoms with Crippen LogP contribution in [0, 0.1) is 6.92 Å². The van der Waals surface area contributed by atoms with Crippen LogP contribution in [0.3, 0.4) is 0 Å². The lowest BCUT2D eigenvalue weighted by molar-refractivity contribution is 0.0949. The molecular weight excluding hydrogens is 292 g/mol. The van der Waals surface area contributed by atoms with Gasteiger partial charge in [0.25, 0.3) is 5.91 Å². The third-order valence-electron chi connectivity index (χ3n) is 2.85. The highest BCUT2D eigenvalue weighted by molar-refractivity contribution is 9.10. The Morgan fingerprint density at radius 1 is 1.39 bits per heavy atom. The first kappa shape index (κ1) is 12.9. The first-order chi connectivity index (χ1) is 8.58. The standard InChI is InChI=1S/C14H15BrN2O/c1-10-5-6-13(15)12(8-10)14(18)16-9-11-4-3-7-17(11)2/h3-8H,9H2,1-2H3,(H,16,18). The van der Waals surface area contributed by atoms with Gasteiger partial charge in [0.2, 0.25) is 0 Å². The van der Waals surface area contributed by atoms with Gasteiger partial charge in [0.15, 0.2) is 0 Å². The number of rotatable bonds is 3. The quantitative estimate of drug-likeness (QED) is 0.929. The minimum absolute atomic E-state index is 0.0632. The minimum Gasteiger partial charge on any atom is -0.353 e. The zero-order valence-electron chi connectivity index (χ0n) is 10.4. The third-order valence-corrected chi connectivity index (χ3v) is 3.54. The van der Waals surface area contributed by atoms with E-state index in [2.05, 4.69) is 21.2 Å². The van der Waals surface area contributed by atoms with Crippen LogP contribution in [0.25, 0.3) is 0 Å². The summed E-state index contributed by atoms with van der Waals surface area (Å²) in [5.41, 5.74) is 2.82. The van der Waals surface area contributed by atoms with Crippen LogP contribution in [0.5, 0.6) is 0 Å². The van der Waals surface area contributed by atoms with Gasteiger partial charge < -0.3 is 9.88 Å². The molecule has 0 aliphatic rings. The summed E-state index contributed by atoms with van der Waals surface area (Å²) in [4.78, 5) is 12.1. The van der Waals surface area contributed by atoms with Gasteiger partial charge >= 0.3 is 0 Å². The van der Waals surface area contributed by atoms with Crippen LogP contribution in [0.1, 0.15) is 21.6 Å². The highest BCUT2D eigenvalue weighted by atomic mass is 79.9. The summed E-state index contributed by atoms with van der Waals surface area (Å²) in [5.74, 6) is -0.0632. The van der Waals surface area contributed by atoms with Gasteiger partial charge in [-0.05, 0) is 47.1 Å². The Balaban J connectivity index is 2.08. The molecule has 0 fully saturated rings. The van der Waals surface area contributed by atoms with Crippen molar-refractivity contribution < 1.29 is 4.79 Å². The highest BCUT2D eigenvalue weighted by Crippen LogP contribution is 2.18. The molecule has 0 aliphatic carbocycles. The molecule has 0 saturated carbocycles. The largest absolute Gasteiger partial charge is 0.353 e. The van der Waals surface area contributed by atoms with E-state index in [-0.39, 0.29) is 5.91 Å². The summed E-state index contributed by atoms with van der Waals surface area (Å²) in [5, 5.41) is 2.92. The van der Waals surface area contributed by atoms with E-state index in [9.17, 15) is 4.79 Å². The van der Waals surface area contributed by atoms with Crippen LogP contribution in [0.2, 0.25) is 0 Å². The Hall–Kier alpha value is -1.55. The maximum Gasteiger partial charge on any atom is 0.252 e. The normalized spacial score (nSPS) is 10.4. The van der Waals surface area contributed by atoms with Crippen LogP contribution in [0.15, 0.2) is 41.0 Å². The second-order valence-corrected chi connectivity index (χ2v) is 5.13. The summed E-state index contributed by atoms with van der Waals surface area (Å²) < 4.78 is 2.81. The van der Waals surface area contributed by atoms with Crippen LogP contribution < -0.4 is 5.32 Å². The minimum atomic E-state index is -0.0632. The number of aryl methyl sites for hydroxylation is 2. The molecule has 0 bridgehead atoms. The van der Waals surface area contributed by atoms with Crippen molar-refractivity contribution in [2.75, 3.05) is 0 Å². The zero-order chi connectivity index (χ0) is 13.1. The van der Waals surface area contributed by atoms with E-state index in [1.54, 1.807) is 0 Å². The lowest BCUT2D eigenvalue weighted by Crippen LogP contribution is -2.24. The fourth-order valence-electron chi connectivity index (χ4n) is 1.76. The van der Waals surface area contributed by atoms with Gasteiger partial charge in [0.1, 0.15) is 0 Å². The summed E-state index contributed by atoms with van der Waals surface area (Å²) in [7, 11) is 1.96. The van der Waals surface area contributed by atoms with E-state index in [1.807, 2.05) is 55.1 Å². The number of aromatic nitrogens is 1. The second-order valence-electron chi connectivity index (χ2n) is 4.28. The number of nitrogens with one attached hydrogen (secondary N) is 1. The number of carbonyl (C=O) groups excluding carboxylic acids is 1. The molecule has 3 nitrogen and oxygen atoms in total. The van der Waals surface area contributed by atoms with Crippen molar-refractivity contribution in [3.63, 3.8) is 0 Å². The molecule has 2 aromatic rings. The molecule has 94 valence electrons. The first-order valence-electron chi connectivity index (χ1n) is 5.72. The smallest absolute Gasteiger partial charge is 0.252 e. The monoisotopic (exact) mass is 306 g/mol. The lowest BCUT2D eigenvalue weighted by Gasteiger charge is -2.08. The summed E-state index contributed by atoms with van der Waals surface area (Å²) in [6.45, 7) is 2.50. The predicted octanol–water partition coefficient (Wildman–Crippen LogP) is 3.03. The van der Waals surface area contributed by atoms with Crippen LogP contribution in [0.4, 0.5) is 0 Å². The van der Waals surface area contributed by atoms with E-state index >= 15 is 0 Å². The third kappa shape index (κ3) is 2.82. The number of halogens is 1. The molecule has 0 radical (unpaired) electrons. The van der Waals surface area contributed by atoms with Crippen LogP contribution in [-0.4, -0.2) is 10.5 Å². The van der Waals surface area contributed by atoms with E-state index in [0.29, 0.717) is 12.1 Å². The molecule has 1 amide bonds. The molecule has 1 N–H and O–H groups in total. The van der Waals surface area contributed by atoms with E-state index in [4.69, 9.17) is 0 Å². The fraction of sp³-hybridized carbons (Fsp3) is 0.214. The number of benzene rings is 1. The highest BCUT2D eigenvalue weighted by Gasteiger charge is 2.10. The van der Waals surface area contributed by atoms with Crippen molar-refractivity contribution >= 4 is 21.8 Å². The van der Waals surface area contributed by atoms with E-state index in [0.717, 1.165) is 15.7 Å².